The SMILES string of the molecule is COc1cccc(-c2nnc3ccc(OCCNC(=O)c4ccc5c(c4)OCO5)nn23)c1. The summed E-state index contributed by atoms with van der Waals surface area (Å²) in [4.78, 5) is 12.3. The van der Waals surface area contributed by atoms with Crippen LogP contribution in [-0.4, -0.2) is 52.8 Å². The number of methoxy groups -OCH3 is 1. The molecule has 0 radical (unpaired) electrons. The number of ether oxygens (including phenoxy) is 4. The van der Waals surface area contributed by atoms with E-state index in [0.29, 0.717) is 46.7 Å². The van der Waals surface area contributed by atoms with Crippen molar-refractivity contribution in [3.63, 3.8) is 0 Å². The second kappa shape index (κ2) is 8.42. The zero-order valence-electron chi connectivity index (χ0n) is 17.1. The minimum atomic E-state index is -0.227. The van der Waals surface area contributed by atoms with Crippen LogP contribution in [0.5, 0.6) is 23.1 Å². The number of fused-ring (bicyclic) bond motifs is 2. The van der Waals surface area contributed by atoms with E-state index in [9.17, 15) is 4.79 Å². The van der Waals surface area contributed by atoms with Crippen LogP contribution in [0, 0.1) is 0 Å². The Labute approximate surface area is 182 Å². The van der Waals surface area contributed by atoms with Crippen LogP contribution < -0.4 is 24.3 Å². The largest absolute Gasteiger partial charge is 0.497 e. The highest BCUT2D eigenvalue weighted by molar-refractivity contribution is 5.94. The van der Waals surface area contributed by atoms with E-state index in [4.69, 9.17) is 18.9 Å². The Hall–Kier alpha value is -4.34. The second-order valence-corrected chi connectivity index (χ2v) is 6.87. The number of hydrogen-bond acceptors (Lipinski definition) is 8. The number of amides is 1. The number of benzene rings is 2. The van der Waals surface area contributed by atoms with Gasteiger partial charge in [-0.3, -0.25) is 4.79 Å². The Morgan fingerprint density at radius 2 is 2.00 bits per heavy atom. The van der Waals surface area contributed by atoms with E-state index in [2.05, 4.69) is 20.6 Å². The number of carbonyl (C=O) groups excluding carboxylic acids is 1. The van der Waals surface area contributed by atoms with Gasteiger partial charge in [-0.15, -0.1) is 15.3 Å². The van der Waals surface area contributed by atoms with Crippen LogP contribution in [0.3, 0.4) is 0 Å². The van der Waals surface area contributed by atoms with E-state index in [1.807, 2.05) is 24.3 Å². The zero-order valence-corrected chi connectivity index (χ0v) is 17.1. The Morgan fingerprint density at radius 1 is 1.09 bits per heavy atom. The highest BCUT2D eigenvalue weighted by atomic mass is 16.7. The van der Waals surface area contributed by atoms with E-state index in [-0.39, 0.29) is 19.3 Å². The quantitative estimate of drug-likeness (QED) is 0.443. The third-order valence-corrected chi connectivity index (χ3v) is 4.84. The van der Waals surface area contributed by atoms with E-state index in [0.717, 1.165) is 5.56 Å². The predicted molar refractivity (Wildman–Crippen MR) is 113 cm³/mol. The number of hydrogen-bond donors (Lipinski definition) is 1. The minimum absolute atomic E-state index is 0.164. The van der Waals surface area contributed by atoms with Crippen LogP contribution in [-0.2, 0) is 0 Å². The van der Waals surface area contributed by atoms with E-state index in [1.54, 1.807) is 42.0 Å². The molecule has 0 aliphatic carbocycles. The van der Waals surface area contributed by atoms with Crippen LogP contribution in [0.25, 0.3) is 17.0 Å². The average molecular weight is 433 g/mol. The van der Waals surface area contributed by atoms with Gasteiger partial charge in [-0.25, -0.2) is 0 Å². The summed E-state index contributed by atoms with van der Waals surface area (Å²) in [5.41, 5.74) is 1.89. The maximum Gasteiger partial charge on any atom is 0.251 e. The fraction of sp³-hybridized carbons (Fsp3) is 0.182. The van der Waals surface area contributed by atoms with E-state index < -0.39 is 0 Å². The Bertz CT molecular complexity index is 1290. The molecular formula is C22H19N5O5. The third kappa shape index (κ3) is 3.85. The van der Waals surface area contributed by atoms with Crippen molar-refractivity contribution in [3.8, 4) is 34.5 Å². The molecule has 0 spiro atoms. The Balaban J connectivity index is 1.22. The molecule has 0 saturated carbocycles. The van der Waals surface area contributed by atoms with Gasteiger partial charge in [-0.2, -0.15) is 4.52 Å². The van der Waals surface area contributed by atoms with Gasteiger partial charge in [0, 0.05) is 17.2 Å². The molecule has 0 fully saturated rings. The molecule has 0 bridgehead atoms. The molecule has 5 rings (SSSR count). The molecule has 1 N–H and O–H groups in total. The van der Waals surface area contributed by atoms with Crippen LogP contribution in [0.15, 0.2) is 54.6 Å². The fourth-order valence-corrected chi connectivity index (χ4v) is 3.25. The maximum atomic E-state index is 12.3. The summed E-state index contributed by atoms with van der Waals surface area (Å²) in [6, 6.07) is 16.0. The van der Waals surface area contributed by atoms with Gasteiger partial charge in [0.2, 0.25) is 12.7 Å². The highest BCUT2D eigenvalue weighted by Gasteiger charge is 2.16. The molecule has 4 aromatic rings. The maximum absolute atomic E-state index is 12.3. The van der Waals surface area contributed by atoms with Crippen molar-refractivity contribution in [1.29, 1.82) is 0 Å². The molecule has 1 aliphatic rings. The number of carbonyl (C=O) groups is 1. The highest BCUT2D eigenvalue weighted by Crippen LogP contribution is 2.32. The van der Waals surface area contributed by atoms with Gasteiger partial charge >= 0.3 is 0 Å². The molecule has 0 saturated heterocycles. The summed E-state index contributed by atoms with van der Waals surface area (Å²) in [6.07, 6.45) is 0. The first-order valence-electron chi connectivity index (χ1n) is 9.89. The summed E-state index contributed by atoms with van der Waals surface area (Å²) in [7, 11) is 1.61. The van der Waals surface area contributed by atoms with Gasteiger partial charge in [0.15, 0.2) is 23.0 Å². The van der Waals surface area contributed by atoms with Crippen LogP contribution in [0.2, 0.25) is 0 Å². The van der Waals surface area contributed by atoms with Crippen LogP contribution >= 0.6 is 0 Å². The number of rotatable bonds is 7. The van der Waals surface area contributed by atoms with E-state index >= 15 is 0 Å². The molecule has 10 heteroatoms. The number of aromatic nitrogens is 4. The standard InChI is InChI=1S/C22H19N5O5/c1-29-16-4-2-3-14(11-16)21-25-24-19-7-8-20(26-27(19)21)30-10-9-23-22(28)15-5-6-17-18(12-15)32-13-31-17/h2-8,11-12H,9-10,13H2,1H3,(H,23,28). The molecule has 32 heavy (non-hydrogen) atoms. The van der Waals surface area contributed by atoms with Crippen LogP contribution in [0.4, 0.5) is 0 Å². The molecule has 1 amide bonds. The van der Waals surface area contributed by atoms with Gasteiger partial charge in [0.05, 0.1) is 13.7 Å². The van der Waals surface area contributed by atoms with Crippen molar-refractivity contribution < 1.29 is 23.7 Å². The van der Waals surface area contributed by atoms with Crippen molar-refractivity contribution in [2.75, 3.05) is 27.1 Å². The van der Waals surface area contributed by atoms with E-state index in [1.165, 1.54) is 0 Å². The minimum Gasteiger partial charge on any atom is -0.497 e. The van der Waals surface area contributed by atoms with Crippen molar-refractivity contribution in [1.82, 2.24) is 25.1 Å². The van der Waals surface area contributed by atoms with Crippen molar-refractivity contribution in [2.45, 2.75) is 0 Å². The molecule has 1 aliphatic heterocycles. The van der Waals surface area contributed by atoms with Gasteiger partial charge in [-0.1, -0.05) is 12.1 Å². The summed E-state index contributed by atoms with van der Waals surface area (Å²) in [5, 5.41) is 15.6. The monoisotopic (exact) mass is 433 g/mol. The molecule has 0 unspecified atom stereocenters. The van der Waals surface area contributed by atoms with Crippen molar-refractivity contribution in [2.24, 2.45) is 0 Å². The Morgan fingerprint density at radius 3 is 2.91 bits per heavy atom. The van der Waals surface area contributed by atoms with Crippen molar-refractivity contribution >= 4 is 11.6 Å². The normalized spacial score (nSPS) is 12.0. The lowest BCUT2D eigenvalue weighted by atomic mass is 10.2. The van der Waals surface area contributed by atoms with Gasteiger partial charge in [-0.05, 0) is 36.4 Å². The molecule has 0 atom stereocenters. The number of nitrogens with one attached hydrogen (secondary N) is 1. The third-order valence-electron chi connectivity index (χ3n) is 4.84. The molecular weight excluding hydrogens is 414 g/mol. The molecule has 10 nitrogen and oxygen atoms in total. The first-order valence-corrected chi connectivity index (χ1v) is 9.89. The summed E-state index contributed by atoms with van der Waals surface area (Å²) < 4.78 is 23.1. The topological polar surface area (TPSA) is 109 Å². The average Bonchev–Trinajstić information content (AvgIpc) is 3.48. The first-order chi connectivity index (χ1) is 15.7. The second-order valence-electron chi connectivity index (χ2n) is 6.87. The van der Waals surface area contributed by atoms with Crippen LogP contribution in [0.1, 0.15) is 10.4 Å². The zero-order chi connectivity index (χ0) is 21.9. The fourth-order valence-electron chi connectivity index (χ4n) is 3.25. The molecule has 2 aromatic heterocycles. The summed E-state index contributed by atoms with van der Waals surface area (Å²) >= 11 is 0. The lowest BCUT2D eigenvalue weighted by molar-refractivity contribution is 0.0946. The first kappa shape index (κ1) is 19.6. The Kier molecular flexibility index (Phi) is 5.16. The van der Waals surface area contributed by atoms with Gasteiger partial charge in [0.1, 0.15) is 12.4 Å². The van der Waals surface area contributed by atoms with Crippen molar-refractivity contribution in [3.05, 3.63) is 60.2 Å². The lowest BCUT2D eigenvalue weighted by Gasteiger charge is -2.08. The summed E-state index contributed by atoms with van der Waals surface area (Å²) in [5.74, 6) is 2.64. The molecule has 3 heterocycles. The molecule has 162 valence electrons. The molecule has 2 aromatic carbocycles. The lowest BCUT2D eigenvalue weighted by Crippen LogP contribution is -2.28. The number of nitrogens with zero attached hydrogens (tertiary/aromatic N) is 4. The van der Waals surface area contributed by atoms with Gasteiger partial charge in [0.25, 0.3) is 5.91 Å². The summed E-state index contributed by atoms with van der Waals surface area (Å²) in [6.45, 7) is 0.709. The smallest absolute Gasteiger partial charge is 0.251 e. The predicted octanol–water partition coefficient (Wildman–Crippen LogP) is 2.34. The van der Waals surface area contributed by atoms with Gasteiger partial charge < -0.3 is 24.3 Å².